The highest BCUT2D eigenvalue weighted by Gasteiger charge is 2.14. The van der Waals surface area contributed by atoms with Crippen molar-refractivity contribution in [3.8, 4) is 5.75 Å². The number of aromatic nitrogens is 3. The number of anilines is 2. The van der Waals surface area contributed by atoms with Gasteiger partial charge in [0, 0.05) is 24.8 Å². The van der Waals surface area contributed by atoms with Gasteiger partial charge in [0.15, 0.2) is 0 Å². The van der Waals surface area contributed by atoms with E-state index in [4.69, 9.17) is 9.84 Å². The summed E-state index contributed by atoms with van der Waals surface area (Å²) in [5, 5.41) is 16.5. The van der Waals surface area contributed by atoms with Crippen LogP contribution in [0.5, 0.6) is 5.75 Å². The number of halogens is 3. The first kappa shape index (κ1) is 31.7. The van der Waals surface area contributed by atoms with Crippen LogP contribution < -0.4 is 15.4 Å². The van der Waals surface area contributed by atoms with Crippen LogP contribution in [0.3, 0.4) is 0 Å². The Hall–Kier alpha value is -2.30. The highest BCUT2D eigenvalue weighted by atomic mass is 35.5. The van der Waals surface area contributed by atoms with E-state index in [1.54, 1.807) is 7.11 Å². The maximum atomic E-state index is 11.0. The van der Waals surface area contributed by atoms with E-state index in [2.05, 4.69) is 37.5 Å². The zero-order valence-electron chi connectivity index (χ0n) is 19.5. The third kappa shape index (κ3) is 8.48. The van der Waals surface area contributed by atoms with Gasteiger partial charge in [0.25, 0.3) is 0 Å². The van der Waals surface area contributed by atoms with Gasteiger partial charge in [0.05, 0.1) is 12.5 Å². The normalized spacial score (nSPS) is 10.2. The van der Waals surface area contributed by atoms with Gasteiger partial charge in [-0.15, -0.1) is 37.2 Å². The molecule has 0 fully saturated rings. The quantitative estimate of drug-likeness (QED) is 0.257. The summed E-state index contributed by atoms with van der Waals surface area (Å²) in [6, 6.07) is 5.64. The fraction of sp³-hybridized carbons (Fsp3) is 0.409. The van der Waals surface area contributed by atoms with Gasteiger partial charge in [0.2, 0.25) is 0 Å². The van der Waals surface area contributed by atoms with E-state index < -0.39 is 5.97 Å². The van der Waals surface area contributed by atoms with E-state index >= 15 is 0 Å². The molecule has 0 atom stereocenters. The minimum absolute atomic E-state index is 0. The number of carboxylic acid groups (broad SMARTS) is 1. The molecule has 0 aliphatic rings. The Labute approximate surface area is 218 Å². The van der Waals surface area contributed by atoms with Crippen LogP contribution in [-0.4, -0.2) is 65.2 Å². The zero-order valence-corrected chi connectivity index (χ0v) is 21.9. The van der Waals surface area contributed by atoms with Crippen LogP contribution >= 0.6 is 37.2 Å². The highest BCUT2D eigenvalue weighted by molar-refractivity contribution is 5.92. The molecule has 2 aromatic heterocycles. The summed E-state index contributed by atoms with van der Waals surface area (Å²) in [7, 11) is 5.64. The second-order valence-corrected chi connectivity index (χ2v) is 7.50. The first-order valence-electron chi connectivity index (χ1n) is 10.3. The Bertz CT molecular complexity index is 1030. The lowest BCUT2D eigenvalue weighted by molar-refractivity contribution is -0.136. The minimum atomic E-state index is -0.839. The van der Waals surface area contributed by atoms with E-state index in [0.29, 0.717) is 18.0 Å². The van der Waals surface area contributed by atoms with Crippen molar-refractivity contribution in [2.24, 2.45) is 0 Å². The summed E-state index contributed by atoms with van der Waals surface area (Å²) < 4.78 is 5.38. The molecule has 34 heavy (non-hydrogen) atoms. The van der Waals surface area contributed by atoms with Gasteiger partial charge >= 0.3 is 5.97 Å². The summed E-state index contributed by atoms with van der Waals surface area (Å²) >= 11 is 0. The van der Waals surface area contributed by atoms with Crippen LogP contribution in [0.4, 0.5) is 11.5 Å². The second-order valence-electron chi connectivity index (χ2n) is 7.50. The molecule has 0 bridgehead atoms. The Balaban J connectivity index is 0.00000363. The first-order chi connectivity index (χ1) is 15.0. The molecule has 1 aromatic carbocycles. The predicted octanol–water partition coefficient (Wildman–Crippen LogP) is 4.03. The van der Waals surface area contributed by atoms with E-state index in [1.807, 2.05) is 31.4 Å². The minimum Gasteiger partial charge on any atom is -0.496 e. The van der Waals surface area contributed by atoms with Gasteiger partial charge in [-0.05, 0) is 69.4 Å². The van der Waals surface area contributed by atoms with Crippen molar-refractivity contribution in [1.82, 2.24) is 25.2 Å². The third-order valence-electron chi connectivity index (χ3n) is 5.11. The lowest BCUT2D eigenvalue weighted by atomic mass is 10.1. The molecule has 12 heteroatoms. The topological polar surface area (TPSA) is 115 Å². The molecule has 0 saturated carbocycles. The molecule has 2 heterocycles. The van der Waals surface area contributed by atoms with Gasteiger partial charge in [0.1, 0.15) is 23.5 Å². The second kappa shape index (κ2) is 15.6. The monoisotopic (exact) mass is 534 g/mol. The van der Waals surface area contributed by atoms with Crippen molar-refractivity contribution >= 4 is 65.7 Å². The summed E-state index contributed by atoms with van der Waals surface area (Å²) in [5.41, 5.74) is 3.54. The number of nitrogens with one attached hydrogen (secondary N) is 3. The van der Waals surface area contributed by atoms with Crippen molar-refractivity contribution < 1.29 is 14.6 Å². The maximum Gasteiger partial charge on any atom is 0.303 e. The lowest BCUT2D eigenvalue weighted by Gasteiger charge is -2.17. The molecule has 0 amide bonds. The SMILES string of the molecule is CNCCCN(C)Cc1c[nH]c2ncnc(Nc3ccc(OC)c(CCC(=O)O)c3)c12.Cl.Cl.Cl. The number of methoxy groups -OCH3 is 1. The van der Waals surface area contributed by atoms with Gasteiger partial charge < -0.3 is 30.4 Å². The van der Waals surface area contributed by atoms with E-state index in [1.165, 1.54) is 6.33 Å². The number of carboxylic acids is 1. The van der Waals surface area contributed by atoms with Gasteiger partial charge in [-0.25, -0.2) is 9.97 Å². The molecule has 0 unspecified atom stereocenters. The Kier molecular flexibility index (Phi) is 14.5. The predicted molar refractivity (Wildman–Crippen MR) is 143 cm³/mol. The molecule has 3 rings (SSSR count). The largest absolute Gasteiger partial charge is 0.496 e. The molecule has 190 valence electrons. The van der Waals surface area contributed by atoms with Crippen molar-refractivity contribution in [3.05, 3.63) is 41.9 Å². The van der Waals surface area contributed by atoms with Crippen LogP contribution in [-0.2, 0) is 17.8 Å². The maximum absolute atomic E-state index is 11.0. The lowest BCUT2D eigenvalue weighted by Crippen LogP contribution is -2.22. The molecule has 9 nitrogen and oxygen atoms in total. The molecule has 4 N–H and O–H groups in total. The number of benzene rings is 1. The summed E-state index contributed by atoms with van der Waals surface area (Å²) in [5.74, 6) is 0.540. The average Bonchev–Trinajstić information content (AvgIpc) is 3.16. The summed E-state index contributed by atoms with van der Waals surface area (Å²) in [6.45, 7) is 2.74. The number of hydrogen-bond acceptors (Lipinski definition) is 7. The number of hydrogen-bond donors (Lipinski definition) is 4. The molecule has 0 aliphatic heterocycles. The van der Waals surface area contributed by atoms with Crippen LogP contribution in [0.15, 0.2) is 30.7 Å². The molecule has 0 aliphatic carbocycles. The molecule has 0 spiro atoms. The Morgan fingerprint density at radius 2 is 1.97 bits per heavy atom. The van der Waals surface area contributed by atoms with Crippen LogP contribution in [0, 0.1) is 0 Å². The number of rotatable bonds is 12. The van der Waals surface area contributed by atoms with Gasteiger partial charge in [-0.2, -0.15) is 0 Å². The van der Waals surface area contributed by atoms with Gasteiger partial charge in [-0.3, -0.25) is 4.79 Å². The van der Waals surface area contributed by atoms with E-state index in [-0.39, 0.29) is 43.6 Å². The average molecular weight is 536 g/mol. The highest BCUT2D eigenvalue weighted by Crippen LogP contribution is 2.30. The fourth-order valence-electron chi connectivity index (χ4n) is 3.57. The third-order valence-corrected chi connectivity index (χ3v) is 5.11. The van der Waals surface area contributed by atoms with Crippen LogP contribution in [0.1, 0.15) is 24.0 Å². The summed E-state index contributed by atoms with van der Waals surface area (Å²) in [4.78, 5) is 25.3. The number of nitrogens with zero attached hydrogens (tertiary/aromatic N) is 3. The van der Waals surface area contributed by atoms with Crippen molar-refractivity contribution in [2.75, 3.05) is 39.6 Å². The van der Waals surface area contributed by atoms with Crippen molar-refractivity contribution in [3.63, 3.8) is 0 Å². The molecule has 0 radical (unpaired) electrons. The number of aromatic amines is 1. The number of H-pyrrole nitrogens is 1. The standard InChI is InChI=1S/C22H30N6O3.3ClH/c1-23-9-4-10-28(2)13-16-12-24-21-20(16)22(26-14-25-21)27-17-6-7-18(31-3)15(11-17)5-8-19(29)30;;;/h6-7,11-12,14,23H,4-5,8-10,13H2,1-3H3,(H,29,30)(H2,24,25,26,27);3*1H. The zero-order chi connectivity index (χ0) is 22.2. The van der Waals surface area contributed by atoms with Crippen LogP contribution in [0.25, 0.3) is 11.0 Å². The van der Waals surface area contributed by atoms with E-state index in [9.17, 15) is 4.79 Å². The van der Waals surface area contributed by atoms with Crippen molar-refractivity contribution in [1.29, 1.82) is 0 Å². The number of fused-ring (bicyclic) bond motifs is 1. The molecule has 0 saturated heterocycles. The molecule has 3 aromatic rings. The fourth-order valence-corrected chi connectivity index (χ4v) is 3.57. The number of ether oxygens (including phenoxy) is 1. The Morgan fingerprint density at radius 1 is 1.21 bits per heavy atom. The van der Waals surface area contributed by atoms with Gasteiger partial charge in [-0.1, -0.05) is 0 Å². The smallest absolute Gasteiger partial charge is 0.303 e. The van der Waals surface area contributed by atoms with Crippen LogP contribution in [0.2, 0.25) is 0 Å². The molecular formula is C22H33Cl3N6O3. The molecular weight excluding hydrogens is 503 g/mol. The first-order valence-corrected chi connectivity index (χ1v) is 10.3. The number of aryl methyl sites for hydroxylation is 1. The van der Waals surface area contributed by atoms with Crippen molar-refractivity contribution in [2.45, 2.75) is 25.8 Å². The number of carbonyl (C=O) groups is 1. The van der Waals surface area contributed by atoms with E-state index in [0.717, 1.165) is 53.9 Å². The summed E-state index contributed by atoms with van der Waals surface area (Å²) in [6.07, 6.45) is 5.00. The Morgan fingerprint density at radius 3 is 2.65 bits per heavy atom. The number of aliphatic carboxylic acids is 1.